The number of nitrogens with zero attached hydrogens (tertiary/aromatic N) is 1. The number of methoxy groups -OCH3 is 1. The molecule has 5 nitrogen and oxygen atoms in total. The SMILES string of the molecule is COC(=O)c1cccc(Nn2c(C)ccc2-c2cc(Cl)ccc2OCc2ccccc2)c1. The number of esters is 1. The third-order valence-electron chi connectivity index (χ3n) is 5.06. The second-order valence-corrected chi connectivity index (χ2v) is 7.73. The fourth-order valence-corrected chi connectivity index (χ4v) is 3.60. The molecule has 3 aromatic carbocycles. The average molecular weight is 447 g/mol. The van der Waals surface area contributed by atoms with Gasteiger partial charge in [-0.3, -0.25) is 10.1 Å². The summed E-state index contributed by atoms with van der Waals surface area (Å²) in [5.74, 6) is 0.340. The first kappa shape index (κ1) is 21.5. The van der Waals surface area contributed by atoms with Crippen LogP contribution >= 0.6 is 11.6 Å². The number of carbonyl (C=O) groups is 1. The highest BCUT2D eigenvalue weighted by Gasteiger charge is 2.15. The summed E-state index contributed by atoms with van der Waals surface area (Å²) in [6, 6.07) is 26.8. The van der Waals surface area contributed by atoms with Crippen molar-refractivity contribution in [1.82, 2.24) is 4.68 Å². The maximum Gasteiger partial charge on any atom is 0.337 e. The highest BCUT2D eigenvalue weighted by Crippen LogP contribution is 2.34. The van der Waals surface area contributed by atoms with Crippen LogP contribution in [0.4, 0.5) is 5.69 Å². The van der Waals surface area contributed by atoms with Crippen molar-refractivity contribution in [3.05, 3.63) is 107 Å². The van der Waals surface area contributed by atoms with Crippen LogP contribution in [0.1, 0.15) is 21.6 Å². The zero-order valence-corrected chi connectivity index (χ0v) is 18.6. The van der Waals surface area contributed by atoms with Crippen molar-refractivity contribution < 1.29 is 14.3 Å². The van der Waals surface area contributed by atoms with Crippen LogP contribution in [0.25, 0.3) is 11.3 Å². The second kappa shape index (κ2) is 9.62. The standard InChI is InChI=1S/C26H23ClN2O3/c1-18-11-13-24(29(18)28-22-10-6-9-20(15-22)26(30)31-2)23-16-21(27)12-14-25(23)32-17-19-7-4-3-5-8-19/h3-16,28H,17H2,1-2H3. The van der Waals surface area contributed by atoms with Gasteiger partial charge in [0.2, 0.25) is 0 Å². The number of hydrogen-bond acceptors (Lipinski definition) is 4. The first-order valence-electron chi connectivity index (χ1n) is 10.2. The molecule has 0 aliphatic heterocycles. The Kier molecular flexibility index (Phi) is 6.47. The lowest BCUT2D eigenvalue weighted by atomic mass is 10.1. The van der Waals surface area contributed by atoms with Gasteiger partial charge in [0.25, 0.3) is 0 Å². The van der Waals surface area contributed by atoms with E-state index in [1.54, 1.807) is 18.2 Å². The third-order valence-corrected chi connectivity index (χ3v) is 5.29. The van der Waals surface area contributed by atoms with Crippen molar-refractivity contribution in [2.45, 2.75) is 13.5 Å². The Bertz CT molecular complexity index is 1240. The number of aryl methyl sites for hydroxylation is 1. The van der Waals surface area contributed by atoms with E-state index < -0.39 is 0 Å². The van der Waals surface area contributed by atoms with Gasteiger partial charge in [-0.15, -0.1) is 0 Å². The molecular formula is C26H23ClN2O3. The van der Waals surface area contributed by atoms with E-state index >= 15 is 0 Å². The Balaban J connectivity index is 1.67. The number of benzene rings is 3. The van der Waals surface area contributed by atoms with Crippen LogP contribution in [-0.2, 0) is 11.3 Å². The second-order valence-electron chi connectivity index (χ2n) is 7.29. The van der Waals surface area contributed by atoms with E-state index in [0.717, 1.165) is 34.0 Å². The van der Waals surface area contributed by atoms with E-state index in [-0.39, 0.29) is 5.97 Å². The maximum absolute atomic E-state index is 11.9. The lowest BCUT2D eigenvalue weighted by Gasteiger charge is -2.18. The predicted molar refractivity (Wildman–Crippen MR) is 127 cm³/mol. The molecule has 0 atom stereocenters. The summed E-state index contributed by atoms with van der Waals surface area (Å²) < 4.78 is 12.9. The molecule has 0 saturated heterocycles. The molecule has 1 N–H and O–H groups in total. The lowest BCUT2D eigenvalue weighted by molar-refractivity contribution is 0.0601. The van der Waals surface area contributed by atoms with Gasteiger partial charge in [-0.25, -0.2) is 4.79 Å². The van der Waals surface area contributed by atoms with E-state index in [2.05, 4.69) is 5.43 Å². The minimum Gasteiger partial charge on any atom is -0.488 e. The normalized spacial score (nSPS) is 10.6. The summed E-state index contributed by atoms with van der Waals surface area (Å²) in [5, 5.41) is 0.616. The molecule has 4 aromatic rings. The monoisotopic (exact) mass is 446 g/mol. The minimum atomic E-state index is -0.385. The molecule has 162 valence electrons. The van der Waals surface area contributed by atoms with Crippen LogP contribution in [0, 0.1) is 6.92 Å². The number of hydrogen-bond donors (Lipinski definition) is 1. The van der Waals surface area contributed by atoms with Gasteiger partial charge in [-0.1, -0.05) is 48.0 Å². The molecule has 0 radical (unpaired) electrons. The van der Waals surface area contributed by atoms with Crippen LogP contribution in [-0.4, -0.2) is 17.8 Å². The number of anilines is 1. The van der Waals surface area contributed by atoms with Crippen LogP contribution in [0.5, 0.6) is 5.75 Å². The molecular weight excluding hydrogens is 424 g/mol. The van der Waals surface area contributed by atoms with Crippen LogP contribution in [0.3, 0.4) is 0 Å². The topological polar surface area (TPSA) is 52.5 Å². The van der Waals surface area contributed by atoms with Gasteiger partial charge in [0.1, 0.15) is 12.4 Å². The molecule has 0 aliphatic rings. The summed E-state index contributed by atoms with van der Waals surface area (Å²) in [7, 11) is 1.37. The van der Waals surface area contributed by atoms with E-state index in [9.17, 15) is 4.79 Å². The van der Waals surface area contributed by atoms with Gasteiger partial charge in [0.15, 0.2) is 0 Å². The van der Waals surface area contributed by atoms with E-state index in [0.29, 0.717) is 17.2 Å². The minimum absolute atomic E-state index is 0.385. The number of aromatic nitrogens is 1. The highest BCUT2D eigenvalue weighted by molar-refractivity contribution is 6.31. The number of halogens is 1. The van der Waals surface area contributed by atoms with Crippen molar-refractivity contribution in [3.63, 3.8) is 0 Å². The molecule has 4 rings (SSSR count). The zero-order valence-electron chi connectivity index (χ0n) is 17.8. The van der Waals surface area contributed by atoms with Crippen molar-refractivity contribution in [2.75, 3.05) is 12.5 Å². The number of rotatable bonds is 7. The largest absolute Gasteiger partial charge is 0.488 e. The summed E-state index contributed by atoms with van der Waals surface area (Å²) in [4.78, 5) is 11.9. The summed E-state index contributed by atoms with van der Waals surface area (Å²) >= 11 is 6.34. The van der Waals surface area contributed by atoms with Crippen molar-refractivity contribution in [3.8, 4) is 17.0 Å². The van der Waals surface area contributed by atoms with Crippen LogP contribution in [0.2, 0.25) is 5.02 Å². The quantitative estimate of drug-likeness (QED) is 0.336. The molecule has 32 heavy (non-hydrogen) atoms. The Morgan fingerprint density at radius 3 is 2.56 bits per heavy atom. The Labute approximate surface area is 192 Å². The molecule has 0 fully saturated rings. The fraction of sp³-hybridized carbons (Fsp3) is 0.115. The molecule has 1 heterocycles. The number of ether oxygens (including phenoxy) is 2. The lowest BCUT2D eigenvalue weighted by Crippen LogP contribution is -2.13. The molecule has 1 aromatic heterocycles. The number of carbonyl (C=O) groups excluding carboxylic acids is 1. The van der Waals surface area contributed by atoms with Gasteiger partial charge in [0, 0.05) is 16.3 Å². The van der Waals surface area contributed by atoms with E-state index in [4.69, 9.17) is 21.1 Å². The van der Waals surface area contributed by atoms with Gasteiger partial charge in [-0.05, 0) is 61.0 Å². The highest BCUT2D eigenvalue weighted by atomic mass is 35.5. The Morgan fingerprint density at radius 2 is 1.78 bits per heavy atom. The zero-order chi connectivity index (χ0) is 22.5. The van der Waals surface area contributed by atoms with Crippen LogP contribution < -0.4 is 10.2 Å². The molecule has 0 saturated carbocycles. The molecule has 6 heteroatoms. The van der Waals surface area contributed by atoms with Gasteiger partial charge >= 0.3 is 5.97 Å². The van der Waals surface area contributed by atoms with Crippen LogP contribution in [0.15, 0.2) is 84.9 Å². The van der Waals surface area contributed by atoms with Gasteiger partial charge in [-0.2, -0.15) is 0 Å². The average Bonchev–Trinajstić information content (AvgIpc) is 3.18. The fourth-order valence-electron chi connectivity index (χ4n) is 3.42. The summed E-state index contributed by atoms with van der Waals surface area (Å²) in [6.45, 7) is 2.44. The van der Waals surface area contributed by atoms with Crippen molar-refractivity contribution in [2.24, 2.45) is 0 Å². The van der Waals surface area contributed by atoms with Crippen molar-refractivity contribution >= 4 is 23.3 Å². The smallest absolute Gasteiger partial charge is 0.337 e. The number of nitrogens with one attached hydrogen (secondary N) is 1. The Morgan fingerprint density at radius 1 is 0.969 bits per heavy atom. The third kappa shape index (κ3) is 4.79. The first-order chi connectivity index (χ1) is 15.5. The first-order valence-corrected chi connectivity index (χ1v) is 10.5. The molecule has 0 unspecified atom stereocenters. The molecule has 0 spiro atoms. The molecule has 0 amide bonds. The van der Waals surface area contributed by atoms with E-state index in [1.165, 1.54) is 7.11 Å². The van der Waals surface area contributed by atoms with Gasteiger partial charge in [0.05, 0.1) is 24.1 Å². The van der Waals surface area contributed by atoms with Gasteiger partial charge < -0.3 is 9.47 Å². The molecule has 0 bridgehead atoms. The molecule has 0 aliphatic carbocycles. The maximum atomic E-state index is 11.9. The van der Waals surface area contributed by atoms with Crippen molar-refractivity contribution in [1.29, 1.82) is 0 Å². The predicted octanol–water partition coefficient (Wildman–Crippen LogP) is 6.36. The Hall–Kier alpha value is -3.70. The van der Waals surface area contributed by atoms with E-state index in [1.807, 2.05) is 78.3 Å². The summed E-state index contributed by atoms with van der Waals surface area (Å²) in [5.41, 5.74) is 8.40. The summed E-state index contributed by atoms with van der Waals surface area (Å²) in [6.07, 6.45) is 0.